The molecule has 8 heteroatoms. The molecule has 0 N–H and O–H groups in total. The number of piperazine rings is 1. The maximum Gasteiger partial charge on any atom is 0.261 e. The molecule has 1 aromatic rings. The molecule has 0 bridgehead atoms. The Balaban J connectivity index is 1.24. The van der Waals surface area contributed by atoms with Crippen molar-refractivity contribution in [1.29, 1.82) is 0 Å². The molecule has 2 amide bonds. The second-order valence-corrected chi connectivity index (χ2v) is 8.55. The molecule has 1 aromatic carbocycles. The van der Waals surface area contributed by atoms with Crippen LogP contribution in [0.1, 0.15) is 23.2 Å². The van der Waals surface area contributed by atoms with Gasteiger partial charge in [0.25, 0.3) is 11.8 Å². The summed E-state index contributed by atoms with van der Waals surface area (Å²) in [6.07, 6.45) is 9.77. The van der Waals surface area contributed by atoms with E-state index in [1.54, 1.807) is 4.90 Å². The summed E-state index contributed by atoms with van der Waals surface area (Å²) in [5.41, 5.74) is 2.33. The maximum atomic E-state index is 13.1. The summed E-state index contributed by atoms with van der Waals surface area (Å²) < 4.78 is 0. The van der Waals surface area contributed by atoms with Gasteiger partial charge < -0.3 is 14.7 Å². The van der Waals surface area contributed by atoms with Crippen LogP contribution in [0, 0.1) is 5.92 Å². The third-order valence-electron chi connectivity index (χ3n) is 6.21. The molecule has 1 unspecified atom stereocenters. The van der Waals surface area contributed by atoms with Crippen molar-refractivity contribution in [2.45, 2.75) is 12.8 Å². The quantitative estimate of drug-likeness (QED) is 0.713. The monoisotopic (exact) mass is 437 g/mol. The lowest BCUT2D eigenvalue weighted by Crippen LogP contribution is -2.51. The van der Waals surface area contributed by atoms with Gasteiger partial charge in [-0.25, -0.2) is 4.99 Å². The van der Waals surface area contributed by atoms with Crippen molar-refractivity contribution < 1.29 is 9.59 Å². The molecule has 3 aliphatic heterocycles. The number of fused-ring (bicyclic) bond motifs is 1. The highest BCUT2D eigenvalue weighted by atomic mass is 35.5. The molecule has 2 saturated heterocycles. The number of carbonyl (C=O) groups is 2. The van der Waals surface area contributed by atoms with E-state index in [2.05, 4.69) is 14.9 Å². The summed E-state index contributed by atoms with van der Waals surface area (Å²) in [7, 11) is 0. The van der Waals surface area contributed by atoms with Gasteiger partial charge in [0.2, 0.25) is 5.96 Å². The van der Waals surface area contributed by atoms with Crippen LogP contribution in [0.2, 0.25) is 5.02 Å². The first-order chi connectivity index (χ1) is 15.1. The molecule has 0 saturated carbocycles. The molecular formula is C23H24ClN5O2. The first kappa shape index (κ1) is 20.0. The summed E-state index contributed by atoms with van der Waals surface area (Å²) in [4.78, 5) is 40.2. The lowest BCUT2D eigenvalue weighted by Gasteiger charge is -2.36. The molecule has 1 atom stereocenters. The molecule has 5 rings (SSSR count). The average Bonchev–Trinajstić information content (AvgIpc) is 3.34. The van der Waals surface area contributed by atoms with Gasteiger partial charge in [-0.3, -0.25) is 9.59 Å². The molecule has 160 valence electrons. The number of nitrogens with zero attached hydrogens (tertiary/aromatic N) is 5. The minimum absolute atomic E-state index is 0.0639. The predicted octanol–water partition coefficient (Wildman–Crippen LogP) is 2.78. The largest absolute Gasteiger partial charge is 0.371 e. The second-order valence-electron chi connectivity index (χ2n) is 8.15. The second kappa shape index (κ2) is 8.30. The highest BCUT2D eigenvalue weighted by molar-refractivity contribution is 6.34. The fraction of sp³-hybridized carbons (Fsp3) is 0.391. The molecular weight excluding hydrogens is 414 g/mol. The van der Waals surface area contributed by atoms with E-state index in [-0.39, 0.29) is 17.7 Å². The first-order valence-corrected chi connectivity index (χ1v) is 11.1. The van der Waals surface area contributed by atoms with E-state index in [9.17, 15) is 9.59 Å². The van der Waals surface area contributed by atoms with Crippen molar-refractivity contribution in [2.24, 2.45) is 15.9 Å². The van der Waals surface area contributed by atoms with Crippen LogP contribution in [-0.2, 0) is 4.79 Å². The van der Waals surface area contributed by atoms with Crippen LogP contribution < -0.4 is 4.90 Å². The third kappa shape index (κ3) is 3.90. The fourth-order valence-corrected chi connectivity index (χ4v) is 4.68. The fourth-order valence-electron chi connectivity index (χ4n) is 4.43. The van der Waals surface area contributed by atoms with Gasteiger partial charge in [0.1, 0.15) is 5.92 Å². The standard InChI is InChI=1S/C23H24ClN5O2/c24-19-15-16(27-9-3-4-10-27)7-8-17(19)22(31)28-11-13-29(14-12-28)23-25-20-6-2-1-5-18(20)21(30)26-23/h1-2,5-8,15,18H,3-4,9-14H2. The van der Waals surface area contributed by atoms with Crippen LogP contribution in [0.4, 0.5) is 5.69 Å². The van der Waals surface area contributed by atoms with Gasteiger partial charge >= 0.3 is 0 Å². The molecule has 0 radical (unpaired) electrons. The molecule has 7 nitrogen and oxygen atoms in total. The van der Waals surface area contributed by atoms with Gasteiger partial charge in [-0.1, -0.05) is 29.8 Å². The zero-order valence-electron chi connectivity index (χ0n) is 17.2. The molecule has 1 aliphatic carbocycles. The lowest BCUT2D eigenvalue weighted by molar-refractivity contribution is -0.118. The van der Waals surface area contributed by atoms with Gasteiger partial charge in [-0.05, 0) is 37.1 Å². The molecule has 31 heavy (non-hydrogen) atoms. The number of guanidine groups is 1. The molecule has 0 aromatic heterocycles. The van der Waals surface area contributed by atoms with Gasteiger partial charge in [-0.2, -0.15) is 4.99 Å². The van der Waals surface area contributed by atoms with Crippen LogP contribution in [0.25, 0.3) is 0 Å². The van der Waals surface area contributed by atoms with Crippen molar-refractivity contribution in [3.05, 3.63) is 53.1 Å². The molecule has 4 aliphatic rings. The summed E-state index contributed by atoms with van der Waals surface area (Å²) in [5, 5.41) is 0.494. The summed E-state index contributed by atoms with van der Waals surface area (Å²) in [6, 6.07) is 5.72. The number of hydrogen-bond donors (Lipinski definition) is 0. The third-order valence-corrected chi connectivity index (χ3v) is 6.52. The summed E-state index contributed by atoms with van der Waals surface area (Å²) >= 11 is 6.48. The van der Waals surface area contributed by atoms with Crippen LogP contribution in [0.3, 0.4) is 0 Å². The van der Waals surface area contributed by atoms with Crippen molar-refractivity contribution >= 4 is 40.8 Å². The number of allylic oxidation sites excluding steroid dienone is 3. The maximum absolute atomic E-state index is 13.1. The first-order valence-electron chi connectivity index (χ1n) is 10.7. The number of anilines is 1. The number of halogens is 1. The van der Waals surface area contributed by atoms with Gasteiger partial charge in [0.05, 0.1) is 16.3 Å². The number of benzene rings is 1. The van der Waals surface area contributed by atoms with Gasteiger partial charge in [0.15, 0.2) is 0 Å². The van der Waals surface area contributed by atoms with E-state index in [1.165, 1.54) is 12.8 Å². The zero-order chi connectivity index (χ0) is 21.4. The van der Waals surface area contributed by atoms with Crippen LogP contribution in [0.15, 0.2) is 52.5 Å². The topological polar surface area (TPSA) is 68.6 Å². The van der Waals surface area contributed by atoms with E-state index in [1.807, 2.05) is 47.4 Å². The minimum Gasteiger partial charge on any atom is -0.371 e. The Kier molecular flexibility index (Phi) is 5.36. The van der Waals surface area contributed by atoms with Crippen molar-refractivity contribution in [3.8, 4) is 0 Å². The van der Waals surface area contributed by atoms with E-state index < -0.39 is 0 Å². The lowest BCUT2D eigenvalue weighted by atomic mass is 9.97. The van der Waals surface area contributed by atoms with E-state index in [0.29, 0.717) is 42.7 Å². The average molecular weight is 438 g/mol. The van der Waals surface area contributed by atoms with Crippen LogP contribution in [-0.4, -0.2) is 72.6 Å². The van der Waals surface area contributed by atoms with E-state index >= 15 is 0 Å². The molecule has 0 spiro atoms. The van der Waals surface area contributed by atoms with Crippen molar-refractivity contribution in [3.63, 3.8) is 0 Å². The van der Waals surface area contributed by atoms with Crippen molar-refractivity contribution in [1.82, 2.24) is 9.80 Å². The SMILES string of the molecule is O=C1N=C(N2CCN(C(=O)c3ccc(N4CCCC4)cc3Cl)CC2)N=C2C=CC=CC12. The highest BCUT2D eigenvalue weighted by Crippen LogP contribution is 2.27. The number of aliphatic imine (C=N–C) groups is 2. The van der Waals surface area contributed by atoms with E-state index in [4.69, 9.17) is 11.6 Å². The normalized spacial score (nSPS) is 23.1. The highest BCUT2D eigenvalue weighted by Gasteiger charge is 2.31. The Bertz CT molecular complexity index is 1030. The zero-order valence-corrected chi connectivity index (χ0v) is 18.0. The number of carbonyl (C=O) groups excluding carboxylic acids is 2. The Morgan fingerprint density at radius 1 is 0.968 bits per heavy atom. The molecule has 3 heterocycles. The number of rotatable bonds is 2. The number of amides is 2. The Morgan fingerprint density at radius 2 is 1.74 bits per heavy atom. The predicted molar refractivity (Wildman–Crippen MR) is 122 cm³/mol. The summed E-state index contributed by atoms with van der Waals surface area (Å²) in [5.74, 6) is -0.187. The van der Waals surface area contributed by atoms with E-state index in [0.717, 1.165) is 24.5 Å². The summed E-state index contributed by atoms with van der Waals surface area (Å²) in [6.45, 7) is 4.27. The van der Waals surface area contributed by atoms with Crippen molar-refractivity contribution in [2.75, 3.05) is 44.2 Å². The Labute approximate surface area is 186 Å². The Morgan fingerprint density at radius 3 is 2.48 bits per heavy atom. The molecule has 2 fully saturated rings. The number of hydrogen-bond acceptors (Lipinski definition) is 5. The smallest absolute Gasteiger partial charge is 0.261 e. The minimum atomic E-state index is -0.373. The van der Waals surface area contributed by atoms with Crippen LogP contribution in [0.5, 0.6) is 0 Å². The van der Waals surface area contributed by atoms with Gasteiger partial charge in [0, 0.05) is 45.0 Å². The van der Waals surface area contributed by atoms with Gasteiger partial charge in [-0.15, -0.1) is 0 Å². The Hall–Kier alpha value is -2.93. The van der Waals surface area contributed by atoms with Crippen LogP contribution >= 0.6 is 11.6 Å².